The normalized spacial score (nSPS) is 32.4. The first-order chi connectivity index (χ1) is 10.0. The molecule has 0 aromatic heterocycles. The fourth-order valence-corrected chi connectivity index (χ4v) is 3.25. The smallest absolute Gasteiger partial charge is 0.163 e. The maximum atomic E-state index is 10.1. The number of hydrogen-bond donors (Lipinski definition) is 1. The van der Waals surface area contributed by atoms with Crippen LogP contribution in [0.2, 0.25) is 0 Å². The van der Waals surface area contributed by atoms with Crippen molar-refractivity contribution in [2.75, 3.05) is 13.2 Å². The molecule has 114 valence electrons. The summed E-state index contributed by atoms with van der Waals surface area (Å²) in [5.41, 5.74) is 1.96. The van der Waals surface area contributed by atoms with E-state index < -0.39 is 5.79 Å². The molecule has 3 aliphatic rings. The Morgan fingerprint density at radius 1 is 1.19 bits per heavy atom. The first kappa shape index (κ1) is 13.4. The van der Waals surface area contributed by atoms with E-state index >= 15 is 0 Å². The van der Waals surface area contributed by atoms with Crippen LogP contribution in [0.1, 0.15) is 25.0 Å². The highest BCUT2D eigenvalue weighted by Gasteiger charge is 2.45. The van der Waals surface area contributed by atoms with Crippen molar-refractivity contribution >= 4 is 0 Å². The average molecular weight is 292 g/mol. The summed E-state index contributed by atoms with van der Waals surface area (Å²) in [5.74, 6) is 0.576. The van der Waals surface area contributed by atoms with Crippen molar-refractivity contribution in [1.29, 1.82) is 0 Å². The second-order valence-corrected chi connectivity index (χ2v) is 6.43. The first-order valence-corrected chi connectivity index (χ1v) is 7.45. The van der Waals surface area contributed by atoms with Gasteiger partial charge in [-0.3, -0.25) is 0 Å². The molecule has 1 aromatic rings. The van der Waals surface area contributed by atoms with Crippen molar-refractivity contribution in [2.45, 2.75) is 50.8 Å². The van der Waals surface area contributed by atoms with Gasteiger partial charge in [-0.1, -0.05) is 0 Å². The Balaban J connectivity index is 1.62. The molecule has 5 heteroatoms. The van der Waals surface area contributed by atoms with Gasteiger partial charge in [-0.05, 0) is 26.0 Å². The number of aromatic hydroxyl groups is 1. The standard InChI is InChI=1S/C16H20O5/c1-16(2)20-14-5-10-11(6-15(14)21-16)13(4-3-12(10)17)19-8-9-7-18-9/h3-4,9,14-15,17H,5-8H2,1-2H3/t9?,14-,15+/m1/s1. The monoisotopic (exact) mass is 292 g/mol. The molecule has 3 atom stereocenters. The van der Waals surface area contributed by atoms with Crippen LogP contribution in [0.3, 0.4) is 0 Å². The molecular formula is C16H20O5. The first-order valence-electron chi connectivity index (χ1n) is 7.45. The molecular weight excluding hydrogens is 272 g/mol. The molecule has 0 radical (unpaired) electrons. The molecule has 0 amide bonds. The highest BCUT2D eigenvalue weighted by Crippen LogP contribution is 2.42. The lowest BCUT2D eigenvalue weighted by Gasteiger charge is -2.27. The molecule has 0 bridgehead atoms. The van der Waals surface area contributed by atoms with E-state index in [4.69, 9.17) is 18.9 Å². The predicted molar refractivity (Wildman–Crippen MR) is 74.6 cm³/mol. The number of hydrogen-bond acceptors (Lipinski definition) is 5. The second-order valence-electron chi connectivity index (χ2n) is 6.43. The Bertz CT molecular complexity index is 564. The highest BCUT2D eigenvalue weighted by molar-refractivity contribution is 5.50. The van der Waals surface area contributed by atoms with E-state index in [2.05, 4.69) is 0 Å². The van der Waals surface area contributed by atoms with Crippen LogP contribution in [-0.2, 0) is 27.1 Å². The van der Waals surface area contributed by atoms with Gasteiger partial charge in [0.05, 0.1) is 18.8 Å². The van der Waals surface area contributed by atoms with Crippen molar-refractivity contribution in [2.24, 2.45) is 0 Å². The van der Waals surface area contributed by atoms with Gasteiger partial charge in [-0.25, -0.2) is 0 Å². The summed E-state index contributed by atoms with van der Waals surface area (Å²) in [4.78, 5) is 0. The summed E-state index contributed by atoms with van der Waals surface area (Å²) in [6.45, 7) is 5.19. The predicted octanol–water partition coefficient (Wildman–Crippen LogP) is 1.79. The zero-order valence-electron chi connectivity index (χ0n) is 12.3. The van der Waals surface area contributed by atoms with Crippen LogP contribution in [-0.4, -0.2) is 42.4 Å². The zero-order chi connectivity index (χ0) is 14.6. The third-order valence-corrected chi connectivity index (χ3v) is 4.29. The van der Waals surface area contributed by atoms with E-state index in [1.54, 1.807) is 6.07 Å². The van der Waals surface area contributed by atoms with Crippen LogP contribution in [0.4, 0.5) is 0 Å². The number of benzene rings is 1. The maximum Gasteiger partial charge on any atom is 0.163 e. The molecule has 0 saturated carbocycles. The van der Waals surface area contributed by atoms with Gasteiger partial charge in [0.15, 0.2) is 5.79 Å². The topological polar surface area (TPSA) is 60.5 Å². The lowest BCUT2D eigenvalue weighted by atomic mass is 9.86. The summed E-state index contributed by atoms with van der Waals surface area (Å²) in [5, 5.41) is 10.1. The van der Waals surface area contributed by atoms with Gasteiger partial charge in [0.2, 0.25) is 0 Å². The number of ether oxygens (including phenoxy) is 4. The molecule has 2 fully saturated rings. The van der Waals surface area contributed by atoms with Gasteiger partial charge in [-0.15, -0.1) is 0 Å². The summed E-state index contributed by atoms with van der Waals surface area (Å²) < 4.78 is 22.9. The molecule has 5 nitrogen and oxygen atoms in total. The maximum absolute atomic E-state index is 10.1. The molecule has 2 heterocycles. The van der Waals surface area contributed by atoms with Crippen molar-refractivity contribution < 1.29 is 24.1 Å². The Hall–Kier alpha value is -1.30. The van der Waals surface area contributed by atoms with Crippen LogP contribution < -0.4 is 4.74 Å². The van der Waals surface area contributed by atoms with Crippen LogP contribution >= 0.6 is 0 Å². The molecule has 0 spiro atoms. The van der Waals surface area contributed by atoms with Crippen molar-refractivity contribution in [3.8, 4) is 11.5 Å². The Morgan fingerprint density at radius 2 is 1.86 bits per heavy atom. The van der Waals surface area contributed by atoms with E-state index in [9.17, 15) is 5.11 Å². The number of phenols is 1. The minimum Gasteiger partial charge on any atom is -0.508 e. The molecule has 1 N–H and O–H groups in total. The average Bonchev–Trinajstić information content (AvgIpc) is 3.18. The fraction of sp³-hybridized carbons (Fsp3) is 0.625. The van der Waals surface area contributed by atoms with Crippen molar-refractivity contribution in [3.05, 3.63) is 23.3 Å². The minimum atomic E-state index is -0.560. The lowest BCUT2D eigenvalue weighted by molar-refractivity contribution is -0.145. The van der Waals surface area contributed by atoms with Gasteiger partial charge >= 0.3 is 0 Å². The molecule has 4 rings (SSSR count). The van der Waals surface area contributed by atoms with E-state index in [0.717, 1.165) is 23.5 Å². The third kappa shape index (κ3) is 2.50. The summed E-state index contributed by atoms with van der Waals surface area (Å²) in [7, 11) is 0. The van der Waals surface area contributed by atoms with Gasteiger partial charge in [0, 0.05) is 24.0 Å². The fourth-order valence-electron chi connectivity index (χ4n) is 3.25. The number of fused-ring (bicyclic) bond motifs is 2. The van der Waals surface area contributed by atoms with Gasteiger partial charge in [-0.2, -0.15) is 0 Å². The summed E-state index contributed by atoms with van der Waals surface area (Å²) in [6.07, 6.45) is 1.61. The summed E-state index contributed by atoms with van der Waals surface area (Å²) in [6, 6.07) is 3.53. The van der Waals surface area contributed by atoms with E-state index in [1.165, 1.54) is 0 Å². The quantitative estimate of drug-likeness (QED) is 0.861. The van der Waals surface area contributed by atoms with Crippen LogP contribution in [0, 0.1) is 0 Å². The zero-order valence-corrected chi connectivity index (χ0v) is 12.3. The van der Waals surface area contributed by atoms with Gasteiger partial charge in [0.1, 0.15) is 24.2 Å². The highest BCUT2D eigenvalue weighted by atomic mass is 16.7. The number of epoxide rings is 1. The van der Waals surface area contributed by atoms with E-state index in [0.29, 0.717) is 25.2 Å². The number of phenolic OH excluding ortho intramolecular Hbond substituents is 1. The Kier molecular flexibility index (Phi) is 2.93. The van der Waals surface area contributed by atoms with Crippen LogP contribution in [0.25, 0.3) is 0 Å². The Labute approximate surface area is 123 Å². The van der Waals surface area contributed by atoms with Gasteiger partial charge in [0.25, 0.3) is 0 Å². The molecule has 1 aliphatic carbocycles. The van der Waals surface area contributed by atoms with E-state index in [1.807, 2.05) is 19.9 Å². The SMILES string of the molecule is CC1(C)O[C@H]2Cc3c(OCC4CO4)ccc(O)c3C[C@H]2O1. The van der Waals surface area contributed by atoms with Crippen LogP contribution in [0.5, 0.6) is 11.5 Å². The molecule has 2 saturated heterocycles. The van der Waals surface area contributed by atoms with Crippen molar-refractivity contribution in [3.63, 3.8) is 0 Å². The second kappa shape index (κ2) is 4.60. The molecule has 21 heavy (non-hydrogen) atoms. The van der Waals surface area contributed by atoms with Gasteiger partial charge < -0.3 is 24.1 Å². The third-order valence-electron chi connectivity index (χ3n) is 4.29. The summed E-state index contributed by atoms with van der Waals surface area (Å²) >= 11 is 0. The van der Waals surface area contributed by atoms with E-state index in [-0.39, 0.29) is 18.3 Å². The van der Waals surface area contributed by atoms with Crippen LogP contribution in [0.15, 0.2) is 12.1 Å². The lowest BCUT2D eigenvalue weighted by Crippen LogP contribution is -2.32. The molecule has 1 aromatic carbocycles. The number of rotatable bonds is 3. The molecule has 1 unspecified atom stereocenters. The minimum absolute atomic E-state index is 0.000385. The molecule has 2 aliphatic heterocycles. The largest absolute Gasteiger partial charge is 0.508 e. The Morgan fingerprint density at radius 3 is 2.52 bits per heavy atom. The van der Waals surface area contributed by atoms with Crippen molar-refractivity contribution in [1.82, 2.24) is 0 Å².